The van der Waals surface area contributed by atoms with E-state index in [-0.39, 0.29) is 0 Å². The Kier molecular flexibility index (Phi) is 6.42. The molecule has 0 aliphatic heterocycles. The zero-order chi connectivity index (χ0) is 23.3. The van der Waals surface area contributed by atoms with Gasteiger partial charge in [0.1, 0.15) is 24.7 Å². The van der Waals surface area contributed by atoms with Crippen molar-refractivity contribution in [2.75, 3.05) is 11.5 Å². The molecule has 0 bridgehead atoms. The smallest absolute Gasteiger partial charge is 0.180 e. The number of aromatic nitrogens is 2. The number of benzene rings is 3. The fraction of sp³-hybridized carbons (Fsp3) is 0.0769. The van der Waals surface area contributed by atoms with Crippen molar-refractivity contribution in [1.29, 1.82) is 0 Å². The quantitative estimate of drug-likeness (QED) is 0.269. The van der Waals surface area contributed by atoms with Gasteiger partial charge in [-0.15, -0.1) is 22.7 Å². The number of nitrogens with two attached hydrogens (primary N) is 2. The number of nitrogen functional groups attached to an aromatic ring is 2. The molecular formula is C26H22N4O2S2. The van der Waals surface area contributed by atoms with Crippen LogP contribution in [0.3, 0.4) is 0 Å². The Bertz CT molecular complexity index is 1250. The van der Waals surface area contributed by atoms with Crippen molar-refractivity contribution in [3.8, 4) is 34.0 Å². The minimum absolute atomic E-state index is 0.493. The lowest BCUT2D eigenvalue weighted by molar-refractivity contribution is 0.302. The van der Waals surface area contributed by atoms with Gasteiger partial charge in [-0.25, -0.2) is 9.97 Å². The first kappa shape index (κ1) is 21.9. The SMILES string of the molecule is Nc1nc(-c2ccc(OCc3ccc(COc4ccc(-c5csc(N)n5)cc4)cc3)cc2)cs1. The van der Waals surface area contributed by atoms with Crippen molar-refractivity contribution >= 4 is 32.9 Å². The summed E-state index contributed by atoms with van der Waals surface area (Å²) in [6.07, 6.45) is 0. The molecule has 0 atom stereocenters. The number of nitrogens with zero attached hydrogens (tertiary/aromatic N) is 2. The van der Waals surface area contributed by atoms with E-state index in [0.29, 0.717) is 23.5 Å². The fourth-order valence-corrected chi connectivity index (χ4v) is 4.49. The lowest BCUT2D eigenvalue weighted by Crippen LogP contribution is -1.98. The van der Waals surface area contributed by atoms with Crippen LogP contribution in [0.15, 0.2) is 83.6 Å². The zero-order valence-electron chi connectivity index (χ0n) is 18.2. The van der Waals surface area contributed by atoms with E-state index in [0.717, 1.165) is 45.1 Å². The van der Waals surface area contributed by atoms with E-state index in [9.17, 15) is 0 Å². The van der Waals surface area contributed by atoms with E-state index in [4.69, 9.17) is 20.9 Å². The third kappa shape index (κ3) is 5.36. The van der Waals surface area contributed by atoms with Gasteiger partial charge in [0.25, 0.3) is 0 Å². The fourth-order valence-electron chi connectivity index (χ4n) is 3.35. The van der Waals surface area contributed by atoms with E-state index in [1.165, 1.54) is 22.7 Å². The first-order chi connectivity index (χ1) is 16.6. The minimum Gasteiger partial charge on any atom is -0.489 e. The zero-order valence-corrected chi connectivity index (χ0v) is 19.8. The number of rotatable bonds is 8. The van der Waals surface area contributed by atoms with Crippen molar-refractivity contribution in [2.45, 2.75) is 13.2 Å². The molecule has 3 aromatic carbocycles. The van der Waals surface area contributed by atoms with E-state index in [1.807, 2.05) is 59.3 Å². The van der Waals surface area contributed by atoms with Gasteiger partial charge in [0.2, 0.25) is 0 Å². The molecule has 0 amide bonds. The Morgan fingerprint density at radius 2 is 0.941 bits per heavy atom. The summed E-state index contributed by atoms with van der Waals surface area (Å²) in [6, 6.07) is 24.0. The van der Waals surface area contributed by atoms with Crippen LogP contribution in [0.25, 0.3) is 22.5 Å². The molecule has 170 valence electrons. The number of ether oxygens (including phenoxy) is 2. The predicted molar refractivity (Wildman–Crippen MR) is 139 cm³/mol. The predicted octanol–water partition coefficient (Wildman–Crippen LogP) is 6.26. The maximum atomic E-state index is 5.92. The lowest BCUT2D eigenvalue weighted by atomic mass is 10.1. The second-order valence-electron chi connectivity index (χ2n) is 7.58. The summed E-state index contributed by atoms with van der Waals surface area (Å²) >= 11 is 2.87. The highest BCUT2D eigenvalue weighted by atomic mass is 32.1. The molecule has 0 unspecified atom stereocenters. The average Bonchev–Trinajstić information content (AvgIpc) is 3.51. The molecule has 0 saturated carbocycles. The molecule has 0 saturated heterocycles. The molecular weight excluding hydrogens is 464 g/mol. The molecule has 0 aliphatic rings. The van der Waals surface area contributed by atoms with Gasteiger partial charge in [0.05, 0.1) is 11.4 Å². The lowest BCUT2D eigenvalue weighted by Gasteiger charge is -2.09. The van der Waals surface area contributed by atoms with Crippen LogP contribution in [0.2, 0.25) is 0 Å². The van der Waals surface area contributed by atoms with E-state index in [2.05, 4.69) is 34.2 Å². The summed E-state index contributed by atoms with van der Waals surface area (Å²) in [6.45, 7) is 0.986. The molecule has 0 radical (unpaired) electrons. The first-order valence-corrected chi connectivity index (χ1v) is 12.3. The van der Waals surface area contributed by atoms with Gasteiger partial charge in [-0.05, 0) is 59.7 Å². The number of thiazole rings is 2. The Balaban J connectivity index is 1.11. The Morgan fingerprint density at radius 3 is 1.26 bits per heavy atom. The highest BCUT2D eigenvalue weighted by molar-refractivity contribution is 7.14. The second kappa shape index (κ2) is 9.94. The van der Waals surface area contributed by atoms with Crippen LogP contribution in [0, 0.1) is 0 Å². The largest absolute Gasteiger partial charge is 0.489 e. The Labute approximate surface area is 205 Å². The van der Waals surface area contributed by atoms with Crippen LogP contribution in [0.1, 0.15) is 11.1 Å². The molecule has 2 heterocycles. The number of hydrogen-bond acceptors (Lipinski definition) is 8. The van der Waals surface area contributed by atoms with Crippen molar-refractivity contribution in [3.05, 3.63) is 94.7 Å². The van der Waals surface area contributed by atoms with Crippen molar-refractivity contribution in [2.24, 2.45) is 0 Å². The summed E-state index contributed by atoms with van der Waals surface area (Å²) in [4.78, 5) is 8.61. The van der Waals surface area contributed by atoms with Gasteiger partial charge in [0, 0.05) is 21.9 Å². The van der Waals surface area contributed by atoms with Crippen LogP contribution in [-0.4, -0.2) is 9.97 Å². The van der Waals surface area contributed by atoms with Gasteiger partial charge in [-0.2, -0.15) is 0 Å². The molecule has 0 aliphatic carbocycles. The summed E-state index contributed by atoms with van der Waals surface area (Å²) in [5.41, 5.74) is 17.4. The van der Waals surface area contributed by atoms with Gasteiger partial charge in [-0.1, -0.05) is 24.3 Å². The molecule has 0 spiro atoms. The standard InChI is InChI=1S/C26H22N4O2S2/c27-25-29-23(15-33-25)19-5-9-21(10-6-19)31-13-17-1-2-18(4-3-17)14-32-22-11-7-20(8-12-22)24-16-34-26(28)30-24/h1-12,15-16H,13-14H2,(H2,27,29)(H2,28,30). The molecule has 5 rings (SSSR count). The summed E-state index contributed by atoms with van der Waals surface area (Å²) in [5, 5.41) is 5.04. The molecule has 4 N–H and O–H groups in total. The van der Waals surface area contributed by atoms with Crippen LogP contribution < -0.4 is 20.9 Å². The first-order valence-electron chi connectivity index (χ1n) is 10.6. The van der Waals surface area contributed by atoms with Crippen molar-refractivity contribution in [3.63, 3.8) is 0 Å². The third-order valence-corrected chi connectivity index (χ3v) is 6.53. The monoisotopic (exact) mass is 486 g/mol. The van der Waals surface area contributed by atoms with E-state index in [1.54, 1.807) is 0 Å². The summed E-state index contributed by atoms with van der Waals surface area (Å²) in [5.74, 6) is 1.62. The van der Waals surface area contributed by atoms with Crippen molar-refractivity contribution in [1.82, 2.24) is 9.97 Å². The maximum Gasteiger partial charge on any atom is 0.180 e. The van der Waals surface area contributed by atoms with E-state index >= 15 is 0 Å². The Morgan fingerprint density at radius 1 is 0.559 bits per heavy atom. The van der Waals surface area contributed by atoms with Gasteiger partial charge < -0.3 is 20.9 Å². The summed E-state index contributed by atoms with van der Waals surface area (Å²) < 4.78 is 11.8. The Hall–Kier alpha value is -3.88. The molecule has 0 fully saturated rings. The maximum absolute atomic E-state index is 5.92. The minimum atomic E-state index is 0.493. The number of anilines is 2. The molecule has 6 nitrogen and oxygen atoms in total. The van der Waals surface area contributed by atoms with E-state index < -0.39 is 0 Å². The third-order valence-electron chi connectivity index (χ3n) is 5.18. The van der Waals surface area contributed by atoms with Crippen molar-refractivity contribution < 1.29 is 9.47 Å². The average molecular weight is 487 g/mol. The van der Waals surface area contributed by atoms with Gasteiger partial charge in [-0.3, -0.25) is 0 Å². The van der Waals surface area contributed by atoms with Crippen LogP contribution in [0.4, 0.5) is 10.3 Å². The highest BCUT2D eigenvalue weighted by Crippen LogP contribution is 2.26. The highest BCUT2D eigenvalue weighted by Gasteiger charge is 2.05. The molecule has 8 heteroatoms. The topological polar surface area (TPSA) is 96.3 Å². The molecule has 34 heavy (non-hydrogen) atoms. The molecule has 5 aromatic rings. The number of hydrogen-bond donors (Lipinski definition) is 2. The van der Waals surface area contributed by atoms with Crippen LogP contribution in [-0.2, 0) is 13.2 Å². The van der Waals surface area contributed by atoms with Crippen LogP contribution >= 0.6 is 22.7 Å². The summed E-state index contributed by atoms with van der Waals surface area (Å²) in [7, 11) is 0. The van der Waals surface area contributed by atoms with Gasteiger partial charge >= 0.3 is 0 Å². The second-order valence-corrected chi connectivity index (χ2v) is 9.36. The van der Waals surface area contributed by atoms with Gasteiger partial charge in [0.15, 0.2) is 10.3 Å². The van der Waals surface area contributed by atoms with Crippen LogP contribution in [0.5, 0.6) is 11.5 Å². The molecule has 2 aromatic heterocycles. The normalized spacial score (nSPS) is 10.8.